The molecular weight excluding hydrogens is 292 g/mol. The van der Waals surface area contributed by atoms with Gasteiger partial charge in [-0.1, -0.05) is 20.8 Å². The third-order valence-corrected chi connectivity index (χ3v) is 14.6. The highest BCUT2D eigenvalue weighted by Crippen LogP contribution is 2.25. The maximum atomic E-state index is 6.34. The molecule has 0 spiro atoms. The quantitative estimate of drug-likeness (QED) is 0.674. The fourth-order valence-electron chi connectivity index (χ4n) is 1.83. The Hall–Kier alpha value is 0.748. The van der Waals surface area contributed by atoms with Gasteiger partial charge in [0.1, 0.15) is 0 Å². The molecule has 3 nitrogen and oxygen atoms in total. The van der Waals surface area contributed by atoms with Crippen molar-refractivity contribution in [2.75, 3.05) is 0 Å². The molecule has 1 unspecified atom stereocenters. The highest BCUT2D eigenvalue weighted by molar-refractivity contribution is 6.78. The summed E-state index contributed by atoms with van der Waals surface area (Å²) in [5, 5.41) is 0. The van der Waals surface area contributed by atoms with Gasteiger partial charge in [0.25, 0.3) is 0 Å². The van der Waals surface area contributed by atoms with Gasteiger partial charge in [-0.25, -0.2) is 0 Å². The zero-order chi connectivity index (χ0) is 14.6. The molecule has 1 atom stereocenters. The Morgan fingerprint density at radius 2 is 1.39 bits per heavy atom. The molecule has 18 heavy (non-hydrogen) atoms. The van der Waals surface area contributed by atoms with Crippen LogP contribution in [0.1, 0.15) is 20.8 Å². The summed E-state index contributed by atoms with van der Waals surface area (Å²) in [4.78, 5) is 0. The fourth-order valence-corrected chi connectivity index (χ4v) is 14.5. The van der Waals surface area contributed by atoms with Crippen LogP contribution in [0.15, 0.2) is 0 Å². The van der Waals surface area contributed by atoms with Gasteiger partial charge in [-0.05, 0) is 50.7 Å². The van der Waals surface area contributed by atoms with E-state index < -0.39 is 35.9 Å². The van der Waals surface area contributed by atoms with Gasteiger partial charge in [0, 0.05) is 0 Å². The highest BCUT2D eigenvalue weighted by atomic mass is 28.5. The molecule has 0 saturated heterocycles. The molecule has 0 aliphatic heterocycles. The molecule has 0 aromatic rings. The normalized spacial score (nSPS) is 15.5. The van der Waals surface area contributed by atoms with Crippen molar-refractivity contribution < 1.29 is 12.3 Å². The third-order valence-electron chi connectivity index (χ3n) is 2.14. The van der Waals surface area contributed by atoms with Crippen LogP contribution in [0.2, 0.25) is 45.3 Å². The molecule has 0 aromatic carbocycles. The summed E-state index contributed by atoms with van der Waals surface area (Å²) in [6.07, 6.45) is 0. The Morgan fingerprint density at radius 1 is 0.889 bits per heavy atom. The fraction of sp³-hybridized carbons (Fsp3) is 1.00. The van der Waals surface area contributed by atoms with Gasteiger partial charge >= 0.3 is 17.8 Å². The summed E-state index contributed by atoms with van der Waals surface area (Å²) < 4.78 is 18.6. The lowest BCUT2D eigenvalue weighted by Crippen LogP contribution is -2.47. The second kappa shape index (κ2) is 7.51. The summed E-state index contributed by atoms with van der Waals surface area (Å²) >= 11 is 0. The van der Waals surface area contributed by atoms with Crippen molar-refractivity contribution >= 4 is 35.9 Å². The molecule has 0 radical (unpaired) electrons. The Kier molecular flexibility index (Phi) is 7.82. The largest absolute Gasteiger partial charge is 0.441 e. The van der Waals surface area contributed by atoms with E-state index in [2.05, 4.69) is 60.1 Å². The number of hydrogen-bond acceptors (Lipinski definition) is 3. The Bertz CT molecular complexity index is 239. The second-order valence-electron chi connectivity index (χ2n) is 7.06. The van der Waals surface area contributed by atoms with Gasteiger partial charge in [0.15, 0.2) is 18.1 Å². The van der Waals surface area contributed by atoms with Crippen molar-refractivity contribution in [3.05, 3.63) is 0 Å². The summed E-state index contributed by atoms with van der Waals surface area (Å²) in [7, 11) is -5.61. The minimum absolute atomic E-state index is 0.278. The molecule has 7 heteroatoms. The standard InChI is InChI=1S/C11H32O3Si4/c1-11(2,3)10-17(12-15(4)5)14-18(8,9)13-16(6)7/h15-17H,10H2,1-9H3. The Balaban J connectivity index is 4.57. The third kappa shape index (κ3) is 10.7. The van der Waals surface area contributed by atoms with E-state index in [9.17, 15) is 0 Å². The SMILES string of the molecule is C[SiH](C)O[SiH](CC(C)(C)C)O[Si](C)(C)O[SiH](C)C. The molecule has 0 bridgehead atoms. The Morgan fingerprint density at radius 3 is 1.72 bits per heavy atom. The first-order valence-electron chi connectivity index (χ1n) is 6.92. The van der Waals surface area contributed by atoms with Gasteiger partial charge < -0.3 is 12.3 Å². The molecule has 0 amide bonds. The molecule has 0 fully saturated rings. The minimum atomic E-state index is -1.98. The topological polar surface area (TPSA) is 27.7 Å². The second-order valence-corrected chi connectivity index (χ2v) is 18.3. The molecule has 0 saturated carbocycles. The first-order chi connectivity index (χ1) is 7.91. The molecular formula is C11H32O3Si4. The Labute approximate surface area is 120 Å². The summed E-state index contributed by atoms with van der Waals surface area (Å²) in [5.74, 6) is 0. The van der Waals surface area contributed by atoms with Crippen molar-refractivity contribution in [3.63, 3.8) is 0 Å². The van der Waals surface area contributed by atoms with E-state index in [4.69, 9.17) is 12.3 Å². The van der Waals surface area contributed by atoms with Gasteiger partial charge in [-0.3, -0.25) is 0 Å². The van der Waals surface area contributed by atoms with Crippen LogP contribution in [-0.4, -0.2) is 35.9 Å². The van der Waals surface area contributed by atoms with E-state index in [1.54, 1.807) is 0 Å². The van der Waals surface area contributed by atoms with Crippen LogP contribution in [0, 0.1) is 5.41 Å². The molecule has 0 aliphatic carbocycles. The molecule has 0 aliphatic rings. The van der Waals surface area contributed by atoms with Gasteiger partial charge in [0.2, 0.25) is 0 Å². The minimum Gasteiger partial charge on any atom is -0.441 e. The average Bonchev–Trinajstić information content (AvgIpc) is 1.92. The van der Waals surface area contributed by atoms with E-state index >= 15 is 0 Å². The van der Waals surface area contributed by atoms with Gasteiger partial charge in [-0.2, -0.15) is 0 Å². The summed E-state index contributed by atoms with van der Waals surface area (Å²) in [6.45, 7) is 19.9. The van der Waals surface area contributed by atoms with Crippen LogP contribution in [0.25, 0.3) is 0 Å². The van der Waals surface area contributed by atoms with Crippen LogP contribution in [0.5, 0.6) is 0 Å². The molecule has 0 N–H and O–H groups in total. The average molecular weight is 325 g/mol. The van der Waals surface area contributed by atoms with Crippen molar-refractivity contribution in [1.82, 2.24) is 0 Å². The van der Waals surface area contributed by atoms with Crippen molar-refractivity contribution in [2.24, 2.45) is 5.41 Å². The van der Waals surface area contributed by atoms with E-state index in [1.165, 1.54) is 0 Å². The van der Waals surface area contributed by atoms with E-state index in [0.29, 0.717) is 0 Å². The van der Waals surface area contributed by atoms with Crippen LogP contribution in [0.4, 0.5) is 0 Å². The molecule has 0 aromatic heterocycles. The smallest absolute Gasteiger partial charge is 0.312 e. The van der Waals surface area contributed by atoms with Gasteiger partial charge in [-0.15, -0.1) is 0 Å². The first-order valence-corrected chi connectivity index (χ1v) is 17.1. The summed E-state index contributed by atoms with van der Waals surface area (Å²) in [5.41, 5.74) is 0.278. The van der Waals surface area contributed by atoms with Crippen molar-refractivity contribution in [3.8, 4) is 0 Å². The predicted molar refractivity (Wildman–Crippen MR) is 89.9 cm³/mol. The van der Waals surface area contributed by atoms with E-state index in [0.717, 1.165) is 6.04 Å². The maximum absolute atomic E-state index is 6.34. The predicted octanol–water partition coefficient (Wildman–Crippen LogP) is 2.97. The van der Waals surface area contributed by atoms with Crippen LogP contribution in [-0.2, 0) is 12.3 Å². The molecule has 0 rings (SSSR count). The zero-order valence-electron chi connectivity index (χ0n) is 13.7. The number of rotatable bonds is 7. The lowest BCUT2D eigenvalue weighted by atomic mass is 10.0. The van der Waals surface area contributed by atoms with Crippen LogP contribution < -0.4 is 0 Å². The molecule has 110 valence electrons. The number of hydrogen-bond donors (Lipinski definition) is 0. The zero-order valence-corrected chi connectivity index (χ0v) is 18.1. The lowest BCUT2D eigenvalue weighted by Gasteiger charge is -2.33. The van der Waals surface area contributed by atoms with Crippen molar-refractivity contribution in [2.45, 2.75) is 66.1 Å². The lowest BCUT2D eigenvalue weighted by molar-refractivity contribution is 0.330. The van der Waals surface area contributed by atoms with E-state index in [-0.39, 0.29) is 5.41 Å². The van der Waals surface area contributed by atoms with Gasteiger partial charge in [0.05, 0.1) is 0 Å². The monoisotopic (exact) mass is 324 g/mol. The van der Waals surface area contributed by atoms with Crippen LogP contribution >= 0.6 is 0 Å². The highest BCUT2D eigenvalue weighted by Gasteiger charge is 2.33. The maximum Gasteiger partial charge on any atom is 0.312 e. The van der Waals surface area contributed by atoms with E-state index in [1.807, 2.05) is 0 Å². The van der Waals surface area contributed by atoms with Crippen molar-refractivity contribution in [1.29, 1.82) is 0 Å². The summed E-state index contributed by atoms with van der Waals surface area (Å²) in [6, 6.07) is 1.07. The van der Waals surface area contributed by atoms with Crippen LogP contribution in [0.3, 0.4) is 0 Å². The first kappa shape index (κ1) is 18.7. The molecule has 0 heterocycles.